The number of halogens is 1. The van der Waals surface area contributed by atoms with Crippen LogP contribution in [0.5, 0.6) is 0 Å². The molecule has 1 atom stereocenters. The van der Waals surface area contributed by atoms with Crippen molar-refractivity contribution in [1.29, 1.82) is 0 Å². The molecule has 0 fully saturated rings. The Balaban J connectivity index is 2.65. The maximum atomic E-state index is 12.8. The van der Waals surface area contributed by atoms with Crippen LogP contribution in [-0.2, 0) is 19.1 Å². The second kappa shape index (κ2) is 9.55. The van der Waals surface area contributed by atoms with E-state index in [2.05, 4.69) is 5.32 Å². The number of rotatable bonds is 8. The molecule has 0 aliphatic carbocycles. The van der Waals surface area contributed by atoms with Crippen molar-refractivity contribution >= 4 is 23.5 Å². The Morgan fingerprint density at radius 2 is 2.00 bits per heavy atom. The number of aliphatic carboxylic acids is 1. The predicted octanol–water partition coefficient (Wildman–Crippen LogP) is 2.18. The third-order valence-electron chi connectivity index (χ3n) is 4.10. The van der Waals surface area contributed by atoms with Crippen LogP contribution in [-0.4, -0.2) is 43.4 Å². The largest absolute Gasteiger partial charge is 0.478 e. The zero-order valence-corrected chi connectivity index (χ0v) is 16.0. The number of carbonyl (C=O) groups excluding carboxylic acids is 1. The fourth-order valence-electron chi connectivity index (χ4n) is 3.02. The zero-order chi connectivity index (χ0) is 20.0. The highest BCUT2D eigenvalue weighted by Gasteiger charge is 2.39. The Kier molecular flexibility index (Phi) is 7.41. The Morgan fingerprint density at radius 3 is 2.59 bits per heavy atom. The van der Waals surface area contributed by atoms with E-state index in [-0.39, 0.29) is 24.4 Å². The number of hydrogen-bond acceptors (Lipinski definition) is 6. The number of allylic oxidation sites excluding steroid dienone is 1. The molecule has 0 spiro atoms. The molecule has 0 amide bonds. The second-order valence-corrected chi connectivity index (χ2v) is 6.28. The van der Waals surface area contributed by atoms with Crippen LogP contribution in [0.3, 0.4) is 0 Å². The second-order valence-electron chi connectivity index (χ2n) is 5.88. The highest BCUT2D eigenvalue weighted by molar-refractivity contribution is 6.31. The minimum atomic E-state index is -1.14. The van der Waals surface area contributed by atoms with Crippen molar-refractivity contribution in [1.82, 2.24) is 5.32 Å². The number of benzene rings is 1. The summed E-state index contributed by atoms with van der Waals surface area (Å²) in [7, 11) is 0. The van der Waals surface area contributed by atoms with E-state index in [0.717, 1.165) is 0 Å². The van der Waals surface area contributed by atoms with E-state index in [9.17, 15) is 14.7 Å². The van der Waals surface area contributed by atoms with E-state index in [0.29, 0.717) is 35.1 Å². The maximum Gasteiger partial charge on any atom is 0.336 e. The van der Waals surface area contributed by atoms with Gasteiger partial charge < -0.3 is 25.6 Å². The average molecular weight is 395 g/mol. The Morgan fingerprint density at radius 1 is 1.30 bits per heavy atom. The molecule has 1 aromatic carbocycles. The molecule has 2 rings (SSSR count). The lowest BCUT2D eigenvalue weighted by Crippen LogP contribution is -2.34. The normalized spacial score (nSPS) is 17.0. The maximum absolute atomic E-state index is 12.8. The first-order valence-electron chi connectivity index (χ1n) is 8.55. The van der Waals surface area contributed by atoms with E-state index in [1.54, 1.807) is 38.1 Å². The van der Waals surface area contributed by atoms with Gasteiger partial charge in [0.25, 0.3) is 0 Å². The van der Waals surface area contributed by atoms with Crippen molar-refractivity contribution in [2.24, 2.45) is 5.73 Å². The van der Waals surface area contributed by atoms with Gasteiger partial charge in [0.1, 0.15) is 0 Å². The molecular weight excluding hydrogens is 372 g/mol. The van der Waals surface area contributed by atoms with Gasteiger partial charge in [-0.3, -0.25) is 0 Å². The molecule has 7 nitrogen and oxygen atoms in total. The van der Waals surface area contributed by atoms with Crippen molar-refractivity contribution in [2.45, 2.75) is 19.8 Å². The van der Waals surface area contributed by atoms with E-state index in [1.807, 2.05) is 0 Å². The van der Waals surface area contributed by atoms with Crippen LogP contribution in [0.2, 0.25) is 5.02 Å². The lowest BCUT2D eigenvalue weighted by molar-refractivity contribution is -0.139. The van der Waals surface area contributed by atoms with Crippen LogP contribution >= 0.6 is 11.6 Å². The molecule has 4 N–H and O–H groups in total. The first-order valence-corrected chi connectivity index (χ1v) is 8.93. The van der Waals surface area contributed by atoms with E-state index in [4.69, 9.17) is 26.8 Å². The summed E-state index contributed by atoms with van der Waals surface area (Å²) in [4.78, 5) is 24.7. The van der Waals surface area contributed by atoms with Crippen LogP contribution in [0.15, 0.2) is 46.8 Å². The number of ether oxygens (including phenoxy) is 2. The van der Waals surface area contributed by atoms with Gasteiger partial charge in [-0.05, 0) is 25.5 Å². The number of nitrogens with one attached hydrogen (secondary N) is 1. The topological polar surface area (TPSA) is 111 Å². The van der Waals surface area contributed by atoms with Crippen molar-refractivity contribution in [3.63, 3.8) is 0 Å². The van der Waals surface area contributed by atoms with Crippen molar-refractivity contribution in [3.05, 3.63) is 57.4 Å². The molecule has 0 unspecified atom stereocenters. The standard InChI is InChI=1S/C19H23ClN2O5/c1-3-27-19(25)17-14(10-26-9-8-21)22-11(2)15(18(23)24)16(17)12-6-4-5-7-13(12)20/h4-7,16,22H,3,8-10,21H2,1-2H3,(H,23,24)/t16-/m0/s1. The fourth-order valence-corrected chi connectivity index (χ4v) is 3.27. The van der Waals surface area contributed by atoms with Crippen molar-refractivity contribution in [3.8, 4) is 0 Å². The van der Waals surface area contributed by atoms with Gasteiger partial charge in [0.05, 0.1) is 42.6 Å². The van der Waals surface area contributed by atoms with Gasteiger partial charge in [0, 0.05) is 17.3 Å². The highest BCUT2D eigenvalue weighted by Crippen LogP contribution is 2.41. The SMILES string of the molecule is CCOC(=O)C1=C(COCCN)NC(C)=C(C(=O)O)[C@@H]1c1ccccc1Cl. The van der Waals surface area contributed by atoms with Gasteiger partial charge in [-0.25, -0.2) is 9.59 Å². The number of hydrogen-bond donors (Lipinski definition) is 3. The molecule has 1 heterocycles. The number of carboxylic acid groups (broad SMARTS) is 1. The first kappa shape index (κ1) is 21.0. The van der Waals surface area contributed by atoms with E-state index >= 15 is 0 Å². The zero-order valence-electron chi connectivity index (χ0n) is 15.3. The summed E-state index contributed by atoms with van der Waals surface area (Å²) in [5, 5.41) is 13.1. The molecule has 0 radical (unpaired) electrons. The molecular formula is C19H23ClN2O5. The van der Waals surface area contributed by atoms with Gasteiger partial charge in [0.2, 0.25) is 0 Å². The summed E-state index contributed by atoms with van der Waals surface area (Å²) in [6, 6.07) is 6.83. The molecule has 8 heteroatoms. The molecule has 0 saturated carbocycles. The minimum absolute atomic E-state index is 0.0359. The third-order valence-corrected chi connectivity index (χ3v) is 4.44. The lowest BCUT2D eigenvalue weighted by atomic mass is 9.80. The number of carboxylic acids is 1. The van der Waals surface area contributed by atoms with Gasteiger partial charge in [-0.2, -0.15) is 0 Å². The van der Waals surface area contributed by atoms with Crippen molar-refractivity contribution in [2.75, 3.05) is 26.4 Å². The minimum Gasteiger partial charge on any atom is -0.478 e. The summed E-state index contributed by atoms with van der Waals surface area (Å²) in [5.41, 5.74) is 7.02. The van der Waals surface area contributed by atoms with Gasteiger partial charge in [-0.15, -0.1) is 0 Å². The smallest absolute Gasteiger partial charge is 0.336 e. The molecule has 0 bridgehead atoms. The van der Waals surface area contributed by atoms with Gasteiger partial charge >= 0.3 is 11.9 Å². The quantitative estimate of drug-likeness (QED) is 0.457. The summed E-state index contributed by atoms with van der Waals surface area (Å²) < 4.78 is 10.7. The highest BCUT2D eigenvalue weighted by atomic mass is 35.5. The van der Waals surface area contributed by atoms with Crippen molar-refractivity contribution < 1.29 is 24.2 Å². The molecule has 1 aromatic rings. The summed E-state index contributed by atoms with van der Waals surface area (Å²) in [6.45, 7) is 4.16. The fraction of sp³-hybridized carbons (Fsp3) is 0.368. The summed E-state index contributed by atoms with van der Waals surface area (Å²) in [5.74, 6) is -2.64. The Hall–Kier alpha value is -2.35. The average Bonchev–Trinajstić information content (AvgIpc) is 2.61. The monoisotopic (exact) mass is 394 g/mol. The summed E-state index contributed by atoms with van der Waals surface area (Å²) >= 11 is 6.34. The number of nitrogens with two attached hydrogens (primary N) is 1. The van der Waals surface area contributed by atoms with Gasteiger partial charge in [0.15, 0.2) is 0 Å². The molecule has 27 heavy (non-hydrogen) atoms. The third kappa shape index (κ3) is 4.68. The van der Waals surface area contributed by atoms with Crippen LogP contribution in [0, 0.1) is 0 Å². The molecule has 1 aliphatic heterocycles. The number of esters is 1. The summed E-state index contributed by atoms with van der Waals surface area (Å²) in [6.07, 6.45) is 0. The van der Waals surface area contributed by atoms with Gasteiger partial charge in [-0.1, -0.05) is 29.8 Å². The first-order chi connectivity index (χ1) is 12.9. The Bertz CT molecular complexity index is 788. The molecule has 1 aliphatic rings. The van der Waals surface area contributed by atoms with Crippen LogP contribution in [0.25, 0.3) is 0 Å². The van der Waals surface area contributed by atoms with Crippen LogP contribution in [0.4, 0.5) is 0 Å². The van der Waals surface area contributed by atoms with E-state index < -0.39 is 17.9 Å². The number of dihydropyridines is 1. The van der Waals surface area contributed by atoms with Crippen LogP contribution < -0.4 is 11.1 Å². The lowest BCUT2D eigenvalue weighted by Gasteiger charge is -2.31. The molecule has 0 saturated heterocycles. The number of carbonyl (C=O) groups is 2. The molecule has 0 aromatic heterocycles. The molecule has 146 valence electrons. The Labute approximate surface area is 162 Å². The van der Waals surface area contributed by atoms with E-state index in [1.165, 1.54) is 0 Å². The predicted molar refractivity (Wildman–Crippen MR) is 101 cm³/mol. The van der Waals surface area contributed by atoms with Crippen LogP contribution in [0.1, 0.15) is 25.3 Å².